The van der Waals surface area contributed by atoms with Crippen molar-refractivity contribution in [2.45, 2.75) is 37.8 Å². The third-order valence-electron chi connectivity index (χ3n) is 3.72. The molecule has 0 radical (unpaired) electrons. The summed E-state index contributed by atoms with van der Waals surface area (Å²) < 4.78 is 5.71. The van der Waals surface area contributed by atoms with Gasteiger partial charge in [0.15, 0.2) is 0 Å². The van der Waals surface area contributed by atoms with Gasteiger partial charge in [0, 0.05) is 12.5 Å². The number of non-ortho nitro benzene ring substituents is 1. The number of nitrogens with zero attached hydrogens (tertiary/aromatic N) is 1. The second-order valence-electron chi connectivity index (χ2n) is 5.15. The minimum atomic E-state index is -0.958. The van der Waals surface area contributed by atoms with E-state index in [4.69, 9.17) is 4.74 Å². The minimum absolute atomic E-state index is 0.0401. The summed E-state index contributed by atoms with van der Waals surface area (Å²) in [5.74, 6) is -0.485. The lowest BCUT2D eigenvalue weighted by Gasteiger charge is -2.25. The summed E-state index contributed by atoms with van der Waals surface area (Å²) in [6, 6.07) is 5.94. The van der Waals surface area contributed by atoms with Crippen LogP contribution in [0.1, 0.15) is 26.2 Å². The first-order valence-electron chi connectivity index (χ1n) is 6.86. The highest BCUT2D eigenvalue weighted by Crippen LogP contribution is 2.33. The van der Waals surface area contributed by atoms with Crippen molar-refractivity contribution < 1.29 is 19.6 Å². The number of likely N-dealkylation sites (N-methyl/N-ethyl adjacent to an activating group) is 1. The number of nitro benzene ring substituents is 1. The molecule has 0 heterocycles. The molecule has 0 aliphatic heterocycles. The van der Waals surface area contributed by atoms with Crippen molar-refractivity contribution in [1.29, 1.82) is 0 Å². The Balaban J connectivity index is 2.07. The molecule has 2 unspecified atom stereocenters. The Kier molecular flexibility index (Phi) is 4.42. The predicted octanol–water partition coefficient (Wildman–Crippen LogP) is 1.96. The molecule has 0 amide bonds. The van der Waals surface area contributed by atoms with Crippen LogP contribution in [0.3, 0.4) is 0 Å². The van der Waals surface area contributed by atoms with Crippen molar-refractivity contribution in [3.8, 4) is 5.75 Å². The fourth-order valence-electron chi connectivity index (χ4n) is 2.73. The van der Waals surface area contributed by atoms with Crippen molar-refractivity contribution in [1.82, 2.24) is 5.32 Å². The number of ether oxygens (including phenoxy) is 1. The van der Waals surface area contributed by atoms with Gasteiger partial charge in [0.05, 0.1) is 11.0 Å². The molecule has 2 atom stereocenters. The highest BCUT2D eigenvalue weighted by atomic mass is 16.6. The van der Waals surface area contributed by atoms with Crippen LogP contribution in [-0.2, 0) is 4.79 Å². The Morgan fingerprint density at radius 3 is 3.00 bits per heavy atom. The third-order valence-corrected chi connectivity index (χ3v) is 3.72. The van der Waals surface area contributed by atoms with E-state index in [0.717, 1.165) is 0 Å². The third kappa shape index (κ3) is 3.30. The van der Waals surface area contributed by atoms with Crippen molar-refractivity contribution in [2.24, 2.45) is 0 Å². The fourth-order valence-corrected chi connectivity index (χ4v) is 2.73. The topological polar surface area (TPSA) is 102 Å². The minimum Gasteiger partial charge on any atom is -0.490 e. The largest absolute Gasteiger partial charge is 0.490 e. The van der Waals surface area contributed by atoms with Gasteiger partial charge in [0.25, 0.3) is 5.69 Å². The van der Waals surface area contributed by atoms with E-state index in [9.17, 15) is 20.0 Å². The normalized spacial score (nSPS) is 24.7. The van der Waals surface area contributed by atoms with Crippen LogP contribution in [0.2, 0.25) is 0 Å². The fraction of sp³-hybridized carbons (Fsp3) is 0.500. The van der Waals surface area contributed by atoms with Gasteiger partial charge in [-0.15, -0.1) is 0 Å². The molecule has 0 saturated heterocycles. The molecule has 0 spiro atoms. The summed E-state index contributed by atoms with van der Waals surface area (Å²) in [7, 11) is 0. The second-order valence-corrected chi connectivity index (χ2v) is 5.15. The lowest BCUT2D eigenvalue weighted by Crippen LogP contribution is -2.50. The summed E-state index contributed by atoms with van der Waals surface area (Å²) >= 11 is 0. The van der Waals surface area contributed by atoms with Gasteiger partial charge in [-0.3, -0.25) is 14.9 Å². The van der Waals surface area contributed by atoms with E-state index in [1.54, 1.807) is 12.1 Å². The zero-order valence-corrected chi connectivity index (χ0v) is 11.7. The number of rotatable bonds is 6. The van der Waals surface area contributed by atoms with Gasteiger partial charge in [-0.05, 0) is 25.5 Å². The molecule has 114 valence electrons. The number of carboxylic acid groups (broad SMARTS) is 1. The van der Waals surface area contributed by atoms with Gasteiger partial charge in [-0.25, -0.2) is 0 Å². The average Bonchev–Trinajstić information content (AvgIpc) is 2.84. The molecule has 2 rings (SSSR count). The maximum atomic E-state index is 11.4. The van der Waals surface area contributed by atoms with E-state index in [1.165, 1.54) is 12.1 Å². The van der Waals surface area contributed by atoms with Crippen LogP contribution < -0.4 is 10.1 Å². The molecule has 1 aromatic rings. The molecule has 0 bridgehead atoms. The van der Waals surface area contributed by atoms with E-state index in [2.05, 4.69) is 5.32 Å². The lowest BCUT2D eigenvalue weighted by atomic mass is 9.98. The van der Waals surface area contributed by atoms with Crippen molar-refractivity contribution >= 4 is 11.7 Å². The Morgan fingerprint density at radius 2 is 2.38 bits per heavy atom. The summed E-state index contributed by atoms with van der Waals surface area (Å²) in [5.41, 5.74) is -0.998. The van der Waals surface area contributed by atoms with Crippen LogP contribution >= 0.6 is 0 Å². The first-order chi connectivity index (χ1) is 9.97. The molecule has 7 nitrogen and oxygen atoms in total. The number of carboxylic acids is 1. The Hall–Kier alpha value is -2.15. The van der Waals surface area contributed by atoms with Crippen molar-refractivity contribution in [3.05, 3.63) is 34.4 Å². The highest BCUT2D eigenvalue weighted by molar-refractivity contribution is 5.79. The molecule has 1 fully saturated rings. The average molecular weight is 294 g/mol. The summed E-state index contributed by atoms with van der Waals surface area (Å²) in [6.07, 6.45) is 1.17. The van der Waals surface area contributed by atoms with E-state index in [0.29, 0.717) is 31.6 Å². The molecular weight excluding hydrogens is 276 g/mol. The van der Waals surface area contributed by atoms with Gasteiger partial charge in [-0.2, -0.15) is 0 Å². The first kappa shape index (κ1) is 15.2. The van der Waals surface area contributed by atoms with Crippen molar-refractivity contribution in [2.75, 3.05) is 6.54 Å². The molecule has 2 N–H and O–H groups in total. The van der Waals surface area contributed by atoms with Crippen LogP contribution in [0.15, 0.2) is 24.3 Å². The second kappa shape index (κ2) is 6.09. The molecule has 21 heavy (non-hydrogen) atoms. The summed E-state index contributed by atoms with van der Waals surface area (Å²) in [5, 5.41) is 23.1. The van der Waals surface area contributed by atoms with Crippen LogP contribution in [0.4, 0.5) is 5.69 Å². The van der Waals surface area contributed by atoms with Crippen molar-refractivity contribution in [3.63, 3.8) is 0 Å². The van der Waals surface area contributed by atoms with Gasteiger partial charge >= 0.3 is 5.97 Å². The molecule has 1 aliphatic rings. The van der Waals surface area contributed by atoms with Gasteiger partial charge in [0.2, 0.25) is 0 Å². The van der Waals surface area contributed by atoms with Crippen LogP contribution in [0, 0.1) is 10.1 Å². The van der Waals surface area contributed by atoms with Crippen LogP contribution in [0.5, 0.6) is 5.75 Å². The Bertz CT molecular complexity index is 548. The van der Waals surface area contributed by atoms with E-state index < -0.39 is 16.4 Å². The van der Waals surface area contributed by atoms with Gasteiger partial charge in [0.1, 0.15) is 17.4 Å². The number of hydrogen-bond acceptors (Lipinski definition) is 5. The van der Waals surface area contributed by atoms with E-state index in [1.807, 2.05) is 6.92 Å². The first-order valence-corrected chi connectivity index (χ1v) is 6.86. The lowest BCUT2D eigenvalue weighted by molar-refractivity contribution is -0.384. The number of benzene rings is 1. The zero-order chi connectivity index (χ0) is 15.5. The molecule has 0 aromatic heterocycles. The molecule has 1 aliphatic carbocycles. The van der Waals surface area contributed by atoms with Gasteiger partial charge in [-0.1, -0.05) is 13.0 Å². The molecule has 1 saturated carbocycles. The number of carbonyl (C=O) groups is 1. The number of hydrogen-bond donors (Lipinski definition) is 2. The number of nitro groups is 1. The van der Waals surface area contributed by atoms with E-state index in [-0.39, 0.29) is 11.8 Å². The van der Waals surface area contributed by atoms with E-state index >= 15 is 0 Å². The SMILES string of the molecule is CCNC1(C(=O)O)CCC(Oc2cccc([N+](=O)[O-])c2)C1. The number of nitrogens with one attached hydrogen (secondary N) is 1. The monoisotopic (exact) mass is 294 g/mol. The Morgan fingerprint density at radius 1 is 1.62 bits per heavy atom. The Labute approximate surface area is 122 Å². The maximum absolute atomic E-state index is 11.4. The molecule has 1 aromatic carbocycles. The smallest absolute Gasteiger partial charge is 0.324 e. The molecular formula is C14H18N2O5. The molecule has 7 heteroatoms. The quantitative estimate of drug-likeness (QED) is 0.614. The maximum Gasteiger partial charge on any atom is 0.324 e. The zero-order valence-electron chi connectivity index (χ0n) is 11.7. The van der Waals surface area contributed by atoms with Crippen LogP contribution in [-0.4, -0.2) is 34.2 Å². The summed E-state index contributed by atoms with van der Waals surface area (Å²) in [6.45, 7) is 2.43. The number of aliphatic carboxylic acids is 1. The highest BCUT2D eigenvalue weighted by Gasteiger charge is 2.45. The van der Waals surface area contributed by atoms with Gasteiger partial charge < -0.3 is 15.2 Å². The summed E-state index contributed by atoms with van der Waals surface area (Å²) in [4.78, 5) is 21.7. The predicted molar refractivity (Wildman–Crippen MR) is 75.4 cm³/mol. The van der Waals surface area contributed by atoms with Crippen LogP contribution in [0.25, 0.3) is 0 Å². The standard InChI is InChI=1S/C14H18N2O5/c1-2-15-14(13(17)18)7-6-12(9-14)21-11-5-3-4-10(8-11)16(19)20/h3-5,8,12,15H,2,6-7,9H2,1H3,(H,17,18).